The van der Waals surface area contributed by atoms with E-state index in [2.05, 4.69) is 15.5 Å². The number of fused-ring (bicyclic) bond motifs is 1. The number of nitrogens with zero attached hydrogens (tertiary/aromatic N) is 4. The molecule has 2 aromatic rings. The molecule has 102 valence electrons. The molecule has 1 saturated heterocycles. The number of piperidine rings is 1. The van der Waals surface area contributed by atoms with Gasteiger partial charge in [-0.3, -0.25) is 0 Å². The van der Waals surface area contributed by atoms with Crippen LogP contribution >= 0.6 is 0 Å². The van der Waals surface area contributed by atoms with Gasteiger partial charge < -0.3 is 10.3 Å². The van der Waals surface area contributed by atoms with Crippen LogP contribution in [0.5, 0.6) is 0 Å². The minimum absolute atomic E-state index is 0.0861. The van der Waals surface area contributed by atoms with Crippen molar-refractivity contribution in [3.63, 3.8) is 0 Å². The molecule has 8 heteroatoms. The molecule has 1 fully saturated rings. The molecule has 0 atom stereocenters. The fourth-order valence-corrected chi connectivity index (χ4v) is 2.30. The first-order chi connectivity index (χ1) is 9.09. The van der Waals surface area contributed by atoms with E-state index in [-0.39, 0.29) is 18.9 Å². The Kier molecular flexibility index (Phi) is 2.74. The van der Waals surface area contributed by atoms with Gasteiger partial charge in [-0.1, -0.05) is 0 Å². The van der Waals surface area contributed by atoms with Crippen LogP contribution in [0.25, 0.3) is 5.52 Å². The Bertz CT molecular complexity index is 596. The van der Waals surface area contributed by atoms with Crippen LogP contribution in [-0.2, 0) is 0 Å². The Morgan fingerprint density at radius 1 is 1.42 bits per heavy atom. The Labute approximate surface area is 108 Å². The fourth-order valence-electron chi connectivity index (χ4n) is 2.30. The highest BCUT2D eigenvalue weighted by Crippen LogP contribution is 2.29. The molecular weight excluding hydrogens is 254 g/mol. The van der Waals surface area contributed by atoms with Crippen molar-refractivity contribution < 1.29 is 8.78 Å². The van der Waals surface area contributed by atoms with Crippen molar-refractivity contribution >= 4 is 17.3 Å². The lowest BCUT2D eigenvalue weighted by Crippen LogP contribution is -2.43. The van der Waals surface area contributed by atoms with Gasteiger partial charge in [0.05, 0.1) is 6.54 Å². The molecule has 0 unspecified atom stereocenters. The van der Waals surface area contributed by atoms with Crippen LogP contribution in [0.3, 0.4) is 0 Å². The molecule has 0 amide bonds. The smallest absolute Gasteiger partial charge is 0.265 e. The lowest BCUT2D eigenvalue weighted by molar-refractivity contribution is -0.0121. The molecule has 1 aliphatic rings. The summed E-state index contributed by atoms with van der Waals surface area (Å²) in [5, 5.41) is 4.24. The number of hydrogen-bond acceptors (Lipinski definition) is 5. The molecule has 1 aliphatic heterocycles. The second-order valence-corrected chi connectivity index (χ2v) is 4.62. The number of halogens is 2. The lowest BCUT2D eigenvalue weighted by Gasteiger charge is -2.32. The molecule has 0 aromatic carbocycles. The van der Waals surface area contributed by atoms with Crippen molar-refractivity contribution in [1.29, 1.82) is 0 Å². The van der Waals surface area contributed by atoms with E-state index in [4.69, 9.17) is 5.84 Å². The summed E-state index contributed by atoms with van der Waals surface area (Å²) >= 11 is 0. The van der Waals surface area contributed by atoms with Crippen molar-refractivity contribution in [3.05, 3.63) is 18.3 Å². The van der Waals surface area contributed by atoms with Gasteiger partial charge in [0.15, 0.2) is 5.82 Å². The maximum atomic E-state index is 13.4. The van der Waals surface area contributed by atoms with Crippen LogP contribution in [-0.4, -0.2) is 33.6 Å². The summed E-state index contributed by atoms with van der Waals surface area (Å²) in [6.07, 6.45) is 2.06. The summed E-state index contributed by atoms with van der Waals surface area (Å²) in [6, 6.07) is 3.59. The zero-order chi connectivity index (χ0) is 13.5. The van der Waals surface area contributed by atoms with E-state index in [1.54, 1.807) is 22.8 Å². The predicted molar refractivity (Wildman–Crippen MR) is 67.2 cm³/mol. The third-order valence-electron chi connectivity index (χ3n) is 3.19. The van der Waals surface area contributed by atoms with Gasteiger partial charge >= 0.3 is 0 Å². The molecule has 0 radical (unpaired) electrons. The Morgan fingerprint density at radius 2 is 2.26 bits per heavy atom. The van der Waals surface area contributed by atoms with Gasteiger partial charge in [-0.2, -0.15) is 4.98 Å². The van der Waals surface area contributed by atoms with Crippen molar-refractivity contribution in [1.82, 2.24) is 14.6 Å². The summed E-state index contributed by atoms with van der Waals surface area (Å²) in [7, 11) is 0. The number of rotatable bonds is 2. The van der Waals surface area contributed by atoms with E-state index in [1.807, 2.05) is 0 Å². The summed E-state index contributed by atoms with van der Waals surface area (Å²) in [5.41, 5.74) is 3.17. The maximum absolute atomic E-state index is 13.4. The minimum Gasteiger partial charge on any atom is -0.333 e. The average molecular weight is 268 g/mol. The minimum atomic E-state index is -2.69. The zero-order valence-electron chi connectivity index (χ0n) is 10.2. The first kappa shape index (κ1) is 12.1. The maximum Gasteiger partial charge on any atom is 0.265 e. The second kappa shape index (κ2) is 4.30. The van der Waals surface area contributed by atoms with Crippen LogP contribution in [0.15, 0.2) is 18.3 Å². The lowest BCUT2D eigenvalue weighted by atomic mass is 10.1. The second-order valence-electron chi connectivity index (χ2n) is 4.62. The topological polar surface area (TPSA) is 71.5 Å². The van der Waals surface area contributed by atoms with E-state index < -0.39 is 5.92 Å². The number of alkyl halides is 2. The Hall–Kier alpha value is -1.96. The number of nitrogens with one attached hydrogen (secondary N) is 1. The molecule has 3 N–H and O–H groups in total. The van der Waals surface area contributed by atoms with E-state index in [1.165, 1.54) is 4.90 Å². The molecule has 2 aromatic heterocycles. The quantitative estimate of drug-likeness (QED) is 0.633. The van der Waals surface area contributed by atoms with E-state index in [9.17, 15) is 8.78 Å². The van der Waals surface area contributed by atoms with Gasteiger partial charge in [-0.15, -0.1) is 5.10 Å². The van der Waals surface area contributed by atoms with Crippen molar-refractivity contribution in [2.75, 3.05) is 23.4 Å². The van der Waals surface area contributed by atoms with Gasteiger partial charge in [-0.05, 0) is 18.6 Å². The highest BCUT2D eigenvalue weighted by molar-refractivity contribution is 5.68. The Balaban J connectivity index is 2.00. The molecular formula is C11H14F2N6. The number of hydrazine groups is 1. The zero-order valence-corrected chi connectivity index (χ0v) is 10.2. The first-order valence-electron chi connectivity index (χ1n) is 6.04. The number of hydrogen-bond donors (Lipinski definition) is 2. The molecule has 0 saturated carbocycles. The molecule has 19 heavy (non-hydrogen) atoms. The number of nitrogens with two attached hydrogens (primary N) is 1. The van der Waals surface area contributed by atoms with E-state index >= 15 is 0 Å². The third-order valence-corrected chi connectivity index (χ3v) is 3.19. The summed E-state index contributed by atoms with van der Waals surface area (Å²) < 4.78 is 28.4. The summed E-state index contributed by atoms with van der Waals surface area (Å²) in [4.78, 5) is 5.70. The molecule has 0 aliphatic carbocycles. The molecule has 0 spiro atoms. The summed E-state index contributed by atoms with van der Waals surface area (Å²) in [5.74, 6) is 3.40. The van der Waals surface area contributed by atoms with Gasteiger partial charge in [0.2, 0.25) is 5.95 Å². The Morgan fingerprint density at radius 3 is 3.00 bits per heavy atom. The molecule has 3 rings (SSSR count). The monoisotopic (exact) mass is 268 g/mol. The van der Waals surface area contributed by atoms with Crippen LogP contribution in [0, 0.1) is 0 Å². The number of anilines is 2. The van der Waals surface area contributed by atoms with Crippen LogP contribution in [0.2, 0.25) is 0 Å². The van der Waals surface area contributed by atoms with Crippen molar-refractivity contribution in [2.24, 2.45) is 5.84 Å². The number of nitrogen functional groups attached to an aromatic ring is 1. The van der Waals surface area contributed by atoms with Gasteiger partial charge in [0.1, 0.15) is 5.52 Å². The fraction of sp³-hybridized carbons (Fsp3) is 0.455. The third kappa shape index (κ3) is 2.19. The van der Waals surface area contributed by atoms with Gasteiger partial charge in [-0.25, -0.2) is 19.1 Å². The molecule has 6 nitrogen and oxygen atoms in total. The van der Waals surface area contributed by atoms with Crippen LogP contribution in [0.1, 0.15) is 12.8 Å². The van der Waals surface area contributed by atoms with Gasteiger partial charge in [0.25, 0.3) is 5.92 Å². The highest BCUT2D eigenvalue weighted by Gasteiger charge is 2.36. The van der Waals surface area contributed by atoms with E-state index in [0.29, 0.717) is 24.3 Å². The summed E-state index contributed by atoms with van der Waals surface area (Å²) in [6.45, 7) is 0.163. The van der Waals surface area contributed by atoms with Crippen LogP contribution < -0.4 is 16.2 Å². The number of aromatic nitrogens is 3. The standard InChI is InChI=1S/C11H14F2N6/c12-11(13)4-2-5-18(7-11)10-15-9(16-14)8-3-1-6-19(8)17-10/h1,3,6H,2,4-5,7,14H2,(H,15,16,17). The largest absolute Gasteiger partial charge is 0.333 e. The molecule has 0 bridgehead atoms. The average Bonchev–Trinajstić information content (AvgIpc) is 2.84. The van der Waals surface area contributed by atoms with Gasteiger partial charge in [0, 0.05) is 19.2 Å². The van der Waals surface area contributed by atoms with Crippen molar-refractivity contribution in [3.8, 4) is 0 Å². The van der Waals surface area contributed by atoms with E-state index in [0.717, 1.165) is 0 Å². The van der Waals surface area contributed by atoms with Crippen LogP contribution in [0.4, 0.5) is 20.5 Å². The normalized spacial score (nSPS) is 18.8. The van der Waals surface area contributed by atoms with Crippen molar-refractivity contribution in [2.45, 2.75) is 18.8 Å². The predicted octanol–water partition coefficient (Wildman–Crippen LogP) is 1.25. The SMILES string of the molecule is NNc1nc(N2CCCC(F)(F)C2)nn2cccc12. The first-order valence-corrected chi connectivity index (χ1v) is 6.04. The molecule has 3 heterocycles. The highest BCUT2D eigenvalue weighted by atomic mass is 19.3.